The quantitative estimate of drug-likeness (QED) is 0.358. The van der Waals surface area contributed by atoms with Crippen LogP contribution in [0.4, 0.5) is 10.5 Å². The molecule has 0 aliphatic carbocycles. The molecule has 0 saturated carbocycles. The molecule has 218 valence electrons. The monoisotopic (exact) mass is 552 g/mol. The molecule has 0 saturated heterocycles. The van der Waals surface area contributed by atoms with E-state index in [1.54, 1.807) is 26.8 Å². The molecule has 2 rings (SSSR count). The molecular weight excluding hydrogens is 508 g/mol. The van der Waals surface area contributed by atoms with Gasteiger partial charge in [-0.15, -0.1) is 0 Å². The van der Waals surface area contributed by atoms with E-state index in [1.807, 2.05) is 71.0 Å². The van der Waals surface area contributed by atoms with E-state index in [4.69, 9.17) is 10.5 Å². The second kappa shape index (κ2) is 14.0. The Morgan fingerprint density at radius 3 is 2.12 bits per heavy atom. The highest BCUT2D eigenvalue weighted by Gasteiger charge is 2.39. The number of nitrogens with zero attached hydrogens (tertiary/aromatic N) is 1. The van der Waals surface area contributed by atoms with Crippen molar-refractivity contribution in [3.05, 3.63) is 64.7 Å². The highest BCUT2D eigenvalue weighted by molar-refractivity contribution is 5.99. The number of hydrogen-bond donors (Lipinski definition) is 3. The van der Waals surface area contributed by atoms with Gasteiger partial charge in [-0.3, -0.25) is 14.4 Å². The first-order valence-electron chi connectivity index (χ1n) is 13.7. The van der Waals surface area contributed by atoms with E-state index in [2.05, 4.69) is 10.6 Å². The van der Waals surface area contributed by atoms with Crippen LogP contribution in [0.1, 0.15) is 82.2 Å². The summed E-state index contributed by atoms with van der Waals surface area (Å²) in [6, 6.07) is 10.6. The molecule has 0 heterocycles. The summed E-state index contributed by atoms with van der Waals surface area (Å²) >= 11 is 0. The van der Waals surface area contributed by atoms with Crippen LogP contribution in [0.15, 0.2) is 42.5 Å². The van der Waals surface area contributed by atoms with E-state index in [1.165, 1.54) is 4.90 Å². The number of amides is 4. The molecular formula is C31H44N4O5. The zero-order valence-electron chi connectivity index (χ0n) is 25.0. The molecule has 3 atom stereocenters. The van der Waals surface area contributed by atoms with Gasteiger partial charge >= 0.3 is 6.09 Å². The maximum Gasteiger partial charge on any atom is 0.408 e. The van der Waals surface area contributed by atoms with Crippen molar-refractivity contribution in [3.8, 4) is 0 Å². The minimum atomic E-state index is -1.14. The van der Waals surface area contributed by atoms with E-state index >= 15 is 0 Å². The first kappa shape index (κ1) is 32.3. The molecule has 4 amide bonds. The number of alkyl carbamates (subject to hydrolysis) is 1. The summed E-state index contributed by atoms with van der Waals surface area (Å²) in [6.45, 7) is 14.7. The SMILES string of the molecule is CCC(C)N(C(=O)C(CCC(N)=O)NC(=O)OC(C)(C)C)C(C(=O)Nc1ccccc1C)c1cc(C)cc(C)c1. The van der Waals surface area contributed by atoms with Crippen molar-refractivity contribution in [2.75, 3.05) is 5.32 Å². The number of nitrogens with one attached hydrogen (secondary N) is 2. The van der Waals surface area contributed by atoms with Crippen LogP contribution in [0.25, 0.3) is 0 Å². The number of aryl methyl sites for hydroxylation is 3. The number of para-hydroxylation sites is 1. The van der Waals surface area contributed by atoms with Crippen molar-refractivity contribution in [1.29, 1.82) is 0 Å². The van der Waals surface area contributed by atoms with Crippen molar-refractivity contribution in [1.82, 2.24) is 10.2 Å². The van der Waals surface area contributed by atoms with Crippen LogP contribution in [-0.4, -0.2) is 46.4 Å². The second-order valence-electron chi connectivity index (χ2n) is 11.3. The Morgan fingerprint density at radius 2 is 1.60 bits per heavy atom. The molecule has 0 aliphatic heterocycles. The van der Waals surface area contributed by atoms with Crippen LogP contribution < -0.4 is 16.4 Å². The Bertz CT molecular complexity index is 1200. The minimum Gasteiger partial charge on any atom is -0.444 e. The van der Waals surface area contributed by atoms with E-state index in [9.17, 15) is 19.2 Å². The van der Waals surface area contributed by atoms with Crippen molar-refractivity contribution >= 4 is 29.5 Å². The number of primary amides is 1. The fourth-order valence-electron chi connectivity index (χ4n) is 4.49. The number of carbonyl (C=O) groups is 4. The number of ether oxygens (including phenoxy) is 1. The molecule has 40 heavy (non-hydrogen) atoms. The molecule has 0 fully saturated rings. The first-order chi connectivity index (χ1) is 18.6. The van der Waals surface area contributed by atoms with Gasteiger partial charge in [0.05, 0.1) is 0 Å². The van der Waals surface area contributed by atoms with Crippen molar-refractivity contribution in [2.24, 2.45) is 5.73 Å². The summed E-state index contributed by atoms with van der Waals surface area (Å²) in [6.07, 6.45) is -0.435. The van der Waals surface area contributed by atoms with Crippen molar-refractivity contribution < 1.29 is 23.9 Å². The van der Waals surface area contributed by atoms with Gasteiger partial charge in [0.1, 0.15) is 17.7 Å². The zero-order valence-corrected chi connectivity index (χ0v) is 25.0. The predicted octanol–water partition coefficient (Wildman–Crippen LogP) is 5.08. The summed E-state index contributed by atoms with van der Waals surface area (Å²) < 4.78 is 5.39. The number of benzene rings is 2. The Labute approximate surface area is 237 Å². The number of carbonyl (C=O) groups excluding carboxylic acids is 4. The highest BCUT2D eigenvalue weighted by Crippen LogP contribution is 2.30. The van der Waals surface area contributed by atoms with Crippen LogP contribution in [0, 0.1) is 20.8 Å². The lowest BCUT2D eigenvalue weighted by Crippen LogP contribution is -2.55. The number of nitrogens with two attached hydrogens (primary N) is 1. The lowest BCUT2D eigenvalue weighted by Gasteiger charge is -2.38. The van der Waals surface area contributed by atoms with Gasteiger partial charge in [-0.2, -0.15) is 0 Å². The maximum atomic E-state index is 14.3. The van der Waals surface area contributed by atoms with E-state index < -0.39 is 41.6 Å². The van der Waals surface area contributed by atoms with Crippen molar-refractivity contribution in [2.45, 2.75) is 98.4 Å². The van der Waals surface area contributed by atoms with Crippen LogP contribution in [-0.2, 0) is 19.1 Å². The average molecular weight is 553 g/mol. The van der Waals surface area contributed by atoms with Crippen LogP contribution in [0.5, 0.6) is 0 Å². The summed E-state index contributed by atoms with van der Waals surface area (Å²) in [7, 11) is 0. The van der Waals surface area contributed by atoms with Gasteiger partial charge in [0.25, 0.3) is 5.91 Å². The Balaban J connectivity index is 2.63. The van der Waals surface area contributed by atoms with Crippen LogP contribution in [0.3, 0.4) is 0 Å². The van der Waals surface area contributed by atoms with E-state index in [-0.39, 0.29) is 18.7 Å². The van der Waals surface area contributed by atoms with E-state index in [0.717, 1.165) is 16.7 Å². The zero-order chi connectivity index (χ0) is 30.2. The highest BCUT2D eigenvalue weighted by atomic mass is 16.6. The Morgan fingerprint density at radius 1 is 1.00 bits per heavy atom. The molecule has 0 aliphatic rings. The fraction of sp³-hybridized carbons (Fsp3) is 0.484. The van der Waals surface area contributed by atoms with Gasteiger partial charge in [-0.25, -0.2) is 4.79 Å². The van der Waals surface area contributed by atoms with Gasteiger partial charge in [0.2, 0.25) is 11.8 Å². The minimum absolute atomic E-state index is 0.0423. The number of rotatable bonds is 11. The Hall–Kier alpha value is -3.88. The van der Waals surface area contributed by atoms with Gasteiger partial charge in [-0.05, 0) is 78.5 Å². The smallest absolute Gasteiger partial charge is 0.408 e. The molecule has 9 heteroatoms. The van der Waals surface area contributed by atoms with Crippen LogP contribution >= 0.6 is 0 Å². The molecule has 0 aromatic heterocycles. The van der Waals surface area contributed by atoms with Gasteiger partial charge in [-0.1, -0.05) is 54.4 Å². The molecule has 2 aromatic rings. The molecule has 9 nitrogen and oxygen atoms in total. The summed E-state index contributed by atoms with van der Waals surface area (Å²) in [5.41, 5.74) is 8.64. The molecule has 0 spiro atoms. The maximum absolute atomic E-state index is 14.3. The van der Waals surface area contributed by atoms with Gasteiger partial charge in [0, 0.05) is 18.2 Å². The molecule has 0 bridgehead atoms. The molecule has 4 N–H and O–H groups in total. The molecule has 2 aromatic carbocycles. The molecule has 3 unspecified atom stereocenters. The normalized spacial score (nSPS) is 13.5. The lowest BCUT2D eigenvalue weighted by atomic mass is 9.96. The number of hydrogen-bond acceptors (Lipinski definition) is 5. The van der Waals surface area contributed by atoms with E-state index in [0.29, 0.717) is 17.7 Å². The molecule has 0 radical (unpaired) electrons. The third-order valence-corrected chi connectivity index (χ3v) is 6.48. The van der Waals surface area contributed by atoms with Crippen LogP contribution in [0.2, 0.25) is 0 Å². The summed E-state index contributed by atoms with van der Waals surface area (Å²) in [4.78, 5) is 54.2. The number of anilines is 1. The Kier molecular flexibility index (Phi) is 11.3. The largest absolute Gasteiger partial charge is 0.444 e. The predicted molar refractivity (Wildman–Crippen MR) is 157 cm³/mol. The third-order valence-electron chi connectivity index (χ3n) is 6.48. The summed E-state index contributed by atoms with van der Waals surface area (Å²) in [5, 5.41) is 5.63. The van der Waals surface area contributed by atoms with Crippen molar-refractivity contribution in [3.63, 3.8) is 0 Å². The summed E-state index contributed by atoms with van der Waals surface area (Å²) in [5.74, 6) is -1.51. The topological polar surface area (TPSA) is 131 Å². The first-order valence-corrected chi connectivity index (χ1v) is 13.7. The second-order valence-corrected chi connectivity index (χ2v) is 11.3. The van der Waals surface area contributed by atoms with Gasteiger partial charge in [0.15, 0.2) is 0 Å². The van der Waals surface area contributed by atoms with Gasteiger partial charge < -0.3 is 26.0 Å². The standard InChI is InChI=1S/C31H44N4O5/c1-9-22(5)35(29(38)25(14-15-26(32)36)34-30(39)40-31(6,7)8)27(23-17-19(2)16-20(3)18-23)28(37)33-24-13-11-10-12-21(24)4/h10-13,16-18,22,25,27H,9,14-15H2,1-8H3,(H2,32,36)(H,33,37)(H,34,39). The average Bonchev–Trinajstić information content (AvgIpc) is 2.83. The fourth-order valence-corrected chi connectivity index (χ4v) is 4.49. The lowest BCUT2D eigenvalue weighted by molar-refractivity contribution is -0.143. The third kappa shape index (κ3) is 9.39.